The van der Waals surface area contributed by atoms with Crippen molar-refractivity contribution in [3.63, 3.8) is 0 Å². The molecule has 4 nitrogen and oxygen atoms in total. The Morgan fingerprint density at radius 1 is 1.37 bits per heavy atom. The minimum atomic E-state index is -0.787. The molecule has 0 aromatic carbocycles. The van der Waals surface area contributed by atoms with Crippen LogP contribution in [-0.4, -0.2) is 48.9 Å². The van der Waals surface area contributed by atoms with Gasteiger partial charge in [-0.25, -0.2) is 0 Å². The number of rotatable bonds is 6. The van der Waals surface area contributed by atoms with Crippen LogP contribution in [0.1, 0.15) is 46.0 Å². The summed E-state index contributed by atoms with van der Waals surface area (Å²) in [7, 11) is 4.10. The van der Waals surface area contributed by atoms with Gasteiger partial charge in [0.05, 0.1) is 6.07 Å². The number of nitriles is 1. The van der Waals surface area contributed by atoms with Crippen molar-refractivity contribution in [3.05, 3.63) is 0 Å². The van der Waals surface area contributed by atoms with Crippen LogP contribution < -0.4 is 0 Å². The summed E-state index contributed by atoms with van der Waals surface area (Å²) in [6.45, 7) is 5.64. The molecule has 19 heavy (non-hydrogen) atoms. The normalized spacial score (nSPS) is 19.8. The SMILES string of the molecule is CCCC(C#N)(CCC)C(=O)N1CCC(N(C)C)C1. The molecule has 1 heterocycles. The number of carbonyl (C=O) groups is 1. The van der Waals surface area contributed by atoms with Crippen molar-refractivity contribution in [3.8, 4) is 6.07 Å². The molecule has 1 fully saturated rings. The van der Waals surface area contributed by atoms with Gasteiger partial charge >= 0.3 is 0 Å². The van der Waals surface area contributed by atoms with Crippen LogP contribution in [0.25, 0.3) is 0 Å². The van der Waals surface area contributed by atoms with Crippen molar-refractivity contribution in [2.45, 2.75) is 52.0 Å². The highest BCUT2D eigenvalue weighted by atomic mass is 16.2. The Morgan fingerprint density at radius 2 is 1.95 bits per heavy atom. The van der Waals surface area contributed by atoms with E-state index in [9.17, 15) is 10.1 Å². The minimum Gasteiger partial charge on any atom is -0.340 e. The minimum absolute atomic E-state index is 0.0584. The Kier molecular flexibility index (Phi) is 5.81. The van der Waals surface area contributed by atoms with Gasteiger partial charge in [0, 0.05) is 19.1 Å². The van der Waals surface area contributed by atoms with E-state index in [0.29, 0.717) is 18.9 Å². The van der Waals surface area contributed by atoms with Crippen LogP contribution in [-0.2, 0) is 4.79 Å². The molecule has 1 atom stereocenters. The second-order valence-electron chi connectivity index (χ2n) is 5.85. The van der Waals surface area contributed by atoms with Gasteiger partial charge in [0.25, 0.3) is 0 Å². The molecule has 0 saturated carbocycles. The number of likely N-dealkylation sites (N-methyl/N-ethyl adjacent to an activating group) is 1. The molecule has 0 N–H and O–H groups in total. The fraction of sp³-hybridized carbons (Fsp3) is 0.867. The van der Waals surface area contributed by atoms with E-state index >= 15 is 0 Å². The van der Waals surface area contributed by atoms with Crippen LogP contribution in [0.3, 0.4) is 0 Å². The highest BCUT2D eigenvalue weighted by Gasteiger charge is 2.42. The molecule has 0 aliphatic carbocycles. The average molecular weight is 265 g/mol. The molecule has 0 aromatic rings. The number of nitrogens with zero attached hydrogens (tertiary/aromatic N) is 3. The van der Waals surface area contributed by atoms with Gasteiger partial charge in [-0.1, -0.05) is 26.7 Å². The van der Waals surface area contributed by atoms with Gasteiger partial charge in [-0.05, 0) is 33.4 Å². The monoisotopic (exact) mass is 265 g/mol. The highest BCUT2D eigenvalue weighted by Crippen LogP contribution is 2.33. The number of carbonyl (C=O) groups excluding carboxylic acids is 1. The maximum absolute atomic E-state index is 12.7. The van der Waals surface area contributed by atoms with E-state index in [4.69, 9.17) is 0 Å². The molecule has 4 heteroatoms. The summed E-state index contributed by atoms with van der Waals surface area (Å²) in [5.41, 5.74) is -0.787. The average Bonchev–Trinajstić information content (AvgIpc) is 2.87. The lowest BCUT2D eigenvalue weighted by Gasteiger charge is -2.30. The number of likely N-dealkylation sites (tertiary alicyclic amines) is 1. The van der Waals surface area contributed by atoms with Gasteiger partial charge in [0.1, 0.15) is 5.41 Å². The van der Waals surface area contributed by atoms with Crippen LogP contribution in [0, 0.1) is 16.7 Å². The van der Waals surface area contributed by atoms with E-state index in [-0.39, 0.29) is 5.91 Å². The molecule has 1 rings (SSSR count). The fourth-order valence-corrected chi connectivity index (χ4v) is 3.00. The summed E-state index contributed by atoms with van der Waals surface area (Å²) >= 11 is 0. The first-order valence-corrected chi connectivity index (χ1v) is 7.37. The summed E-state index contributed by atoms with van der Waals surface area (Å²) in [6.07, 6.45) is 4.13. The van der Waals surface area contributed by atoms with Crippen LogP contribution in [0.4, 0.5) is 0 Å². The van der Waals surface area contributed by atoms with E-state index in [1.54, 1.807) is 0 Å². The lowest BCUT2D eigenvalue weighted by Crippen LogP contribution is -2.43. The van der Waals surface area contributed by atoms with Crippen molar-refractivity contribution in [2.75, 3.05) is 27.2 Å². The zero-order valence-corrected chi connectivity index (χ0v) is 12.8. The van der Waals surface area contributed by atoms with E-state index in [1.165, 1.54) is 0 Å². The Balaban J connectivity index is 2.81. The maximum atomic E-state index is 12.7. The lowest BCUT2D eigenvalue weighted by molar-refractivity contribution is -0.138. The smallest absolute Gasteiger partial charge is 0.243 e. The van der Waals surface area contributed by atoms with Gasteiger partial charge in [-0.2, -0.15) is 5.26 Å². The Bertz CT molecular complexity index is 340. The third-order valence-electron chi connectivity index (χ3n) is 4.16. The van der Waals surface area contributed by atoms with Gasteiger partial charge in [-0.3, -0.25) is 4.79 Å². The van der Waals surface area contributed by atoms with Crippen molar-refractivity contribution < 1.29 is 4.79 Å². The Labute approximate surface area is 117 Å². The molecular formula is C15H27N3O. The standard InChI is InChI=1S/C15H27N3O/c1-5-8-15(12-16,9-6-2)14(19)18-10-7-13(11-18)17(3)4/h13H,5-11H2,1-4H3. The van der Waals surface area contributed by atoms with E-state index in [1.807, 2.05) is 32.8 Å². The second-order valence-corrected chi connectivity index (χ2v) is 5.85. The molecule has 108 valence electrons. The topological polar surface area (TPSA) is 47.3 Å². The third kappa shape index (κ3) is 3.48. The molecule has 1 aliphatic heterocycles. The van der Waals surface area contributed by atoms with Crippen molar-refractivity contribution in [2.24, 2.45) is 5.41 Å². The zero-order chi connectivity index (χ0) is 14.5. The van der Waals surface area contributed by atoms with Crippen LogP contribution in [0.5, 0.6) is 0 Å². The van der Waals surface area contributed by atoms with Crippen molar-refractivity contribution in [1.29, 1.82) is 5.26 Å². The molecule has 0 radical (unpaired) electrons. The molecule has 1 aliphatic rings. The number of hydrogen-bond donors (Lipinski definition) is 0. The molecule has 0 aromatic heterocycles. The van der Waals surface area contributed by atoms with Crippen LogP contribution in [0.15, 0.2) is 0 Å². The largest absolute Gasteiger partial charge is 0.340 e. The zero-order valence-electron chi connectivity index (χ0n) is 12.8. The first-order valence-electron chi connectivity index (χ1n) is 7.37. The van der Waals surface area contributed by atoms with Crippen molar-refractivity contribution >= 4 is 5.91 Å². The highest BCUT2D eigenvalue weighted by molar-refractivity contribution is 5.85. The van der Waals surface area contributed by atoms with Gasteiger partial charge in [0.15, 0.2) is 0 Å². The lowest BCUT2D eigenvalue weighted by atomic mass is 9.79. The maximum Gasteiger partial charge on any atom is 0.243 e. The quantitative estimate of drug-likeness (QED) is 0.740. The predicted molar refractivity (Wildman–Crippen MR) is 76.5 cm³/mol. The predicted octanol–water partition coefficient (Wildman–Crippen LogP) is 2.26. The van der Waals surface area contributed by atoms with Gasteiger partial charge in [-0.15, -0.1) is 0 Å². The summed E-state index contributed by atoms with van der Waals surface area (Å²) in [5, 5.41) is 9.54. The fourth-order valence-electron chi connectivity index (χ4n) is 3.00. The molecule has 1 saturated heterocycles. The number of amides is 1. The summed E-state index contributed by atoms with van der Waals surface area (Å²) in [6, 6.07) is 2.77. The molecule has 1 unspecified atom stereocenters. The first kappa shape index (κ1) is 16.0. The van der Waals surface area contributed by atoms with E-state index in [0.717, 1.165) is 32.4 Å². The molecule has 0 bridgehead atoms. The number of hydrogen-bond acceptors (Lipinski definition) is 3. The summed E-state index contributed by atoms with van der Waals surface area (Å²) in [5.74, 6) is 0.0584. The van der Waals surface area contributed by atoms with E-state index in [2.05, 4.69) is 11.0 Å². The van der Waals surface area contributed by atoms with Gasteiger partial charge < -0.3 is 9.80 Å². The van der Waals surface area contributed by atoms with Crippen molar-refractivity contribution in [1.82, 2.24) is 9.80 Å². The first-order chi connectivity index (χ1) is 9.00. The molecule has 1 amide bonds. The van der Waals surface area contributed by atoms with E-state index < -0.39 is 5.41 Å². The second kappa shape index (κ2) is 6.91. The molecule has 0 spiro atoms. The van der Waals surface area contributed by atoms with Gasteiger partial charge in [0.2, 0.25) is 5.91 Å². The molecular weight excluding hydrogens is 238 g/mol. The Hall–Kier alpha value is -1.08. The van der Waals surface area contributed by atoms with Crippen LogP contribution in [0.2, 0.25) is 0 Å². The van der Waals surface area contributed by atoms with Crippen LogP contribution >= 0.6 is 0 Å². The Morgan fingerprint density at radius 3 is 2.32 bits per heavy atom. The third-order valence-corrected chi connectivity index (χ3v) is 4.16. The summed E-state index contributed by atoms with van der Waals surface area (Å²) in [4.78, 5) is 16.8. The summed E-state index contributed by atoms with van der Waals surface area (Å²) < 4.78 is 0.